The zero-order valence-electron chi connectivity index (χ0n) is 9.22. The summed E-state index contributed by atoms with van der Waals surface area (Å²) < 4.78 is 4.73. The van der Waals surface area contributed by atoms with Gasteiger partial charge < -0.3 is 10.5 Å². The van der Waals surface area contributed by atoms with Crippen molar-refractivity contribution in [2.45, 2.75) is 13.0 Å². The summed E-state index contributed by atoms with van der Waals surface area (Å²) in [5.74, 6) is -1.33. The molecule has 5 heteroatoms. The van der Waals surface area contributed by atoms with Gasteiger partial charge in [-0.1, -0.05) is 29.8 Å². The lowest BCUT2D eigenvalue weighted by molar-refractivity contribution is -0.148. The minimum absolute atomic E-state index is 0.527. The molecule has 1 rings (SSSR count). The summed E-state index contributed by atoms with van der Waals surface area (Å²) in [5, 5.41) is 0.527. The number of ether oxygens (including phenoxy) is 1. The first-order valence-corrected chi connectivity index (χ1v) is 5.31. The number of rotatable bonds is 4. The van der Waals surface area contributed by atoms with Gasteiger partial charge in [-0.25, -0.2) is 4.79 Å². The molecule has 1 aromatic carbocycles. The molecule has 0 saturated carbocycles. The molecule has 2 N–H and O–H groups in total. The van der Waals surface area contributed by atoms with E-state index < -0.39 is 18.0 Å². The van der Waals surface area contributed by atoms with Crippen LogP contribution in [-0.2, 0) is 14.3 Å². The van der Waals surface area contributed by atoms with E-state index >= 15 is 0 Å². The van der Waals surface area contributed by atoms with Gasteiger partial charge in [-0.15, -0.1) is 0 Å². The van der Waals surface area contributed by atoms with Gasteiger partial charge in [0.2, 0.25) is 0 Å². The second-order valence-corrected chi connectivity index (χ2v) is 3.74. The largest absolute Gasteiger partial charge is 0.449 e. The van der Waals surface area contributed by atoms with Crippen LogP contribution in [0, 0.1) is 0 Å². The zero-order valence-corrected chi connectivity index (χ0v) is 9.98. The quantitative estimate of drug-likeness (QED) is 0.657. The number of hydrogen-bond donors (Lipinski definition) is 1. The molecule has 0 radical (unpaired) electrons. The summed E-state index contributed by atoms with van der Waals surface area (Å²) in [5.41, 5.74) is 5.65. The third-order valence-corrected chi connectivity index (χ3v) is 2.34. The molecule has 0 aromatic heterocycles. The van der Waals surface area contributed by atoms with Crippen LogP contribution in [0.3, 0.4) is 0 Å². The van der Waals surface area contributed by atoms with E-state index in [2.05, 4.69) is 0 Å². The Balaban J connectivity index is 2.63. The smallest absolute Gasteiger partial charge is 0.331 e. The van der Waals surface area contributed by atoms with E-state index in [-0.39, 0.29) is 0 Å². The van der Waals surface area contributed by atoms with E-state index in [4.69, 9.17) is 22.1 Å². The summed E-state index contributed by atoms with van der Waals surface area (Å²) in [6, 6.07) is 7.04. The fourth-order valence-electron chi connectivity index (χ4n) is 1.04. The Hall–Kier alpha value is -1.81. The number of halogens is 1. The van der Waals surface area contributed by atoms with Crippen LogP contribution in [0.2, 0.25) is 5.02 Å². The van der Waals surface area contributed by atoms with Crippen molar-refractivity contribution < 1.29 is 14.3 Å². The number of amides is 1. The van der Waals surface area contributed by atoms with E-state index in [0.717, 1.165) is 0 Å². The Morgan fingerprint density at radius 2 is 2.06 bits per heavy atom. The molecule has 0 unspecified atom stereocenters. The number of benzene rings is 1. The maximum absolute atomic E-state index is 11.3. The van der Waals surface area contributed by atoms with Crippen LogP contribution in [-0.4, -0.2) is 18.0 Å². The van der Waals surface area contributed by atoms with Crippen LogP contribution < -0.4 is 5.73 Å². The molecule has 0 bridgehead atoms. The lowest BCUT2D eigenvalue weighted by Crippen LogP contribution is -2.29. The van der Waals surface area contributed by atoms with Crippen LogP contribution in [0.5, 0.6) is 0 Å². The van der Waals surface area contributed by atoms with Crippen molar-refractivity contribution in [1.82, 2.24) is 0 Å². The Bertz CT molecular complexity index is 457. The van der Waals surface area contributed by atoms with Crippen molar-refractivity contribution in [3.05, 3.63) is 40.9 Å². The highest BCUT2D eigenvalue weighted by Gasteiger charge is 2.12. The highest BCUT2D eigenvalue weighted by molar-refractivity contribution is 6.32. The van der Waals surface area contributed by atoms with Crippen molar-refractivity contribution in [2.75, 3.05) is 0 Å². The van der Waals surface area contributed by atoms with Crippen molar-refractivity contribution >= 4 is 29.6 Å². The number of nitrogens with two attached hydrogens (primary N) is 1. The molecule has 0 aliphatic heterocycles. The fraction of sp³-hybridized carbons (Fsp3) is 0.167. The standard InChI is InChI=1S/C12H12ClNO3/c1-8(12(14)16)17-11(15)7-6-9-4-2-3-5-10(9)13/h2-8H,1H3,(H2,14,16)/b7-6+/t8-/m1/s1. The van der Waals surface area contributed by atoms with Crippen molar-refractivity contribution in [2.24, 2.45) is 5.73 Å². The highest BCUT2D eigenvalue weighted by atomic mass is 35.5. The van der Waals surface area contributed by atoms with Gasteiger partial charge in [0.1, 0.15) is 0 Å². The maximum Gasteiger partial charge on any atom is 0.331 e. The van der Waals surface area contributed by atoms with Gasteiger partial charge in [-0.2, -0.15) is 0 Å². The van der Waals surface area contributed by atoms with Gasteiger partial charge in [0.15, 0.2) is 6.10 Å². The van der Waals surface area contributed by atoms with Gasteiger partial charge in [0, 0.05) is 11.1 Å². The van der Waals surface area contributed by atoms with Crippen molar-refractivity contribution in [3.63, 3.8) is 0 Å². The number of carbonyl (C=O) groups excluding carboxylic acids is 2. The van der Waals surface area contributed by atoms with Crippen molar-refractivity contribution in [1.29, 1.82) is 0 Å². The van der Waals surface area contributed by atoms with Crippen LogP contribution in [0.25, 0.3) is 6.08 Å². The Morgan fingerprint density at radius 1 is 1.41 bits per heavy atom. The minimum Gasteiger partial charge on any atom is -0.449 e. The second-order valence-electron chi connectivity index (χ2n) is 3.34. The number of hydrogen-bond acceptors (Lipinski definition) is 3. The molecule has 90 valence electrons. The molecule has 0 fully saturated rings. The molecule has 1 aromatic rings. The molecule has 0 heterocycles. The van der Waals surface area contributed by atoms with Crippen LogP contribution in [0.4, 0.5) is 0 Å². The summed E-state index contributed by atoms with van der Waals surface area (Å²) in [4.78, 5) is 21.9. The summed E-state index contributed by atoms with van der Waals surface area (Å²) >= 11 is 5.89. The van der Waals surface area contributed by atoms with Gasteiger partial charge in [0.05, 0.1) is 0 Å². The van der Waals surface area contributed by atoms with Gasteiger partial charge in [-0.3, -0.25) is 4.79 Å². The molecule has 0 spiro atoms. The first-order valence-electron chi connectivity index (χ1n) is 4.93. The Morgan fingerprint density at radius 3 is 2.65 bits per heavy atom. The second kappa shape index (κ2) is 6.06. The Kier molecular flexibility index (Phi) is 4.72. The molecule has 4 nitrogen and oxygen atoms in total. The van der Waals surface area contributed by atoms with Crippen molar-refractivity contribution in [3.8, 4) is 0 Å². The third kappa shape index (κ3) is 4.28. The third-order valence-electron chi connectivity index (χ3n) is 2.00. The highest BCUT2D eigenvalue weighted by Crippen LogP contribution is 2.16. The summed E-state index contributed by atoms with van der Waals surface area (Å²) in [6.07, 6.45) is 1.76. The molecular weight excluding hydrogens is 242 g/mol. The first kappa shape index (κ1) is 13.3. The molecule has 0 aliphatic carbocycles. The van der Waals surface area contributed by atoms with E-state index in [0.29, 0.717) is 10.6 Å². The van der Waals surface area contributed by atoms with Gasteiger partial charge in [-0.05, 0) is 24.6 Å². The molecule has 1 atom stereocenters. The van der Waals surface area contributed by atoms with Crippen LogP contribution in [0.15, 0.2) is 30.3 Å². The minimum atomic E-state index is -0.946. The topological polar surface area (TPSA) is 69.4 Å². The fourth-order valence-corrected chi connectivity index (χ4v) is 1.24. The molecule has 0 aliphatic rings. The number of carbonyl (C=O) groups is 2. The SMILES string of the molecule is C[C@@H](OC(=O)/C=C/c1ccccc1Cl)C(N)=O. The first-order chi connectivity index (χ1) is 8.00. The van der Waals surface area contributed by atoms with Gasteiger partial charge >= 0.3 is 5.97 Å². The van der Waals surface area contributed by atoms with E-state index in [1.807, 2.05) is 0 Å². The average molecular weight is 254 g/mol. The normalized spacial score (nSPS) is 12.4. The monoisotopic (exact) mass is 253 g/mol. The van der Waals surface area contributed by atoms with Crippen LogP contribution >= 0.6 is 11.6 Å². The average Bonchev–Trinajstić information content (AvgIpc) is 2.27. The Labute approximate surface area is 104 Å². The maximum atomic E-state index is 11.3. The molecule has 1 amide bonds. The molecular formula is C12H12ClNO3. The molecule has 17 heavy (non-hydrogen) atoms. The molecule has 0 saturated heterocycles. The van der Waals surface area contributed by atoms with E-state index in [1.165, 1.54) is 19.1 Å². The van der Waals surface area contributed by atoms with E-state index in [9.17, 15) is 9.59 Å². The number of esters is 1. The van der Waals surface area contributed by atoms with Crippen LogP contribution in [0.1, 0.15) is 12.5 Å². The van der Waals surface area contributed by atoms with E-state index in [1.54, 1.807) is 24.3 Å². The summed E-state index contributed by atoms with van der Waals surface area (Å²) in [6.45, 7) is 1.41. The zero-order chi connectivity index (χ0) is 12.8. The lowest BCUT2D eigenvalue weighted by atomic mass is 10.2. The predicted molar refractivity (Wildman–Crippen MR) is 65.2 cm³/mol. The predicted octanol–water partition coefficient (Wildman–Crippen LogP) is 1.77. The lowest BCUT2D eigenvalue weighted by Gasteiger charge is -2.06. The number of primary amides is 1. The van der Waals surface area contributed by atoms with Gasteiger partial charge in [0.25, 0.3) is 5.91 Å². The summed E-state index contributed by atoms with van der Waals surface area (Å²) in [7, 11) is 0.